The van der Waals surface area contributed by atoms with E-state index in [9.17, 15) is 0 Å². The zero-order valence-electron chi connectivity index (χ0n) is 10.4. The second-order valence-electron chi connectivity index (χ2n) is 4.45. The van der Waals surface area contributed by atoms with E-state index >= 15 is 0 Å². The van der Waals surface area contributed by atoms with Gasteiger partial charge in [0.05, 0.1) is 11.9 Å². The van der Waals surface area contributed by atoms with Crippen molar-refractivity contribution in [1.29, 1.82) is 0 Å². The molecule has 0 bridgehead atoms. The average molecular weight is 220 g/mol. The van der Waals surface area contributed by atoms with Crippen LogP contribution in [0.1, 0.15) is 57.6 Å². The van der Waals surface area contributed by atoms with E-state index in [0.29, 0.717) is 0 Å². The highest BCUT2D eigenvalue weighted by Crippen LogP contribution is 2.10. The Morgan fingerprint density at radius 1 is 1.00 bits per heavy atom. The summed E-state index contributed by atoms with van der Waals surface area (Å²) in [6.45, 7) is 2.26. The van der Waals surface area contributed by atoms with Crippen molar-refractivity contribution in [2.24, 2.45) is 0 Å². The standard InChI is InChI=1S/C14H24N2/c1-2-3-4-5-6-7-8-9-14-11-10-13(15)12-16-14/h10-12H,2-9,15H2,1H3. The summed E-state index contributed by atoms with van der Waals surface area (Å²) < 4.78 is 0. The summed E-state index contributed by atoms with van der Waals surface area (Å²) in [6.07, 6.45) is 12.3. The molecular formula is C14H24N2. The van der Waals surface area contributed by atoms with Crippen LogP contribution in [0.5, 0.6) is 0 Å². The minimum Gasteiger partial charge on any atom is -0.397 e. The third kappa shape index (κ3) is 5.74. The zero-order valence-corrected chi connectivity index (χ0v) is 10.4. The Morgan fingerprint density at radius 2 is 1.69 bits per heavy atom. The van der Waals surface area contributed by atoms with E-state index in [4.69, 9.17) is 5.73 Å². The molecule has 1 aromatic rings. The van der Waals surface area contributed by atoms with Crippen LogP contribution in [0.15, 0.2) is 18.3 Å². The van der Waals surface area contributed by atoms with Crippen LogP contribution in [0.4, 0.5) is 5.69 Å². The number of anilines is 1. The first-order chi connectivity index (χ1) is 7.83. The number of aromatic nitrogens is 1. The van der Waals surface area contributed by atoms with Crippen molar-refractivity contribution >= 4 is 5.69 Å². The lowest BCUT2D eigenvalue weighted by molar-refractivity contribution is 0.587. The number of aryl methyl sites for hydroxylation is 1. The van der Waals surface area contributed by atoms with Crippen LogP contribution < -0.4 is 5.73 Å². The molecular weight excluding hydrogens is 196 g/mol. The molecule has 0 aliphatic carbocycles. The summed E-state index contributed by atoms with van der Waals surface area (Å²) in [7, 11) is 0. The van der Waals surface area contributed by atoms with Crippen molar-refractivity contribution < 1.29 is 0 Å². The molecule has 0 aromatic carbocycles. The molecule has 90 valence electrons. The van der Waals surface area contributed by atoms with E-state index in [0.717, 1.165) is 12.1 Å². The number of nitrogens with two attached hydrogens (primary N) is 1. The number of unbranched alkanes of at least 4 members (excludes halogenated alkanes) is 6. The van der Waals surface area contributed by atoms with Crippen LogP contribution in [0.2, 0.25) is 0 Å². The van der Waals surface area contributed by atoms with E-state index < -0.39 is 0 Å². The fraction of sp³-hybridized carbons (Fsp3) is 0.643. The van der Waals surface area contributed by atoms with Crippen molar-refractivity contribution in [3.63, 3.8) is 0 Å². The molecule has 2 heteroatoms. The summed E-state index contributed by atoms with van der Waals surface area (Å²) in [4.78, 5) is 4.30. The summed E-state index contributed by atoms with van der Waals surface area (Å²) in [5, 5.41) is 0. The highest BCUT2D eigenvalue weighted by atomic mass is 14.7. The van der Waals surface area contributed by atoms with Gasteiger partial charge in [-0.15, -0.1) is 0 Å². The Labute approximate surface area is 99.3 Å². The Morgan fingerprint density at radius 3 is 2.31 bits per heavy atom. The van der Waals surface area contributed by atoms with Gasteiger partial charge in [0.15, 0.2) is 0 Å². The number of rotatable bonds is 8. The SMILES string of the molecule is CCCCCCCCCc1ccc(N)cn1. The fourth-order valence-corrected chi connectivity index (χ4v) is 1.85. The number of pyridine rings is 1. The maximum Gasteiger partial charge on any atom is 0.0501 e. The Balaban J connectivity index is 2.01. The van der Waals surface area contributed by atoms with Gasteiger partial charge in [0, 0.05) is 5.69 Å². The van der Waals surface area contributed by atoms with Crippen molar-refractivity contribution in [2.45, 2.75) is 58.3 Å². The lowest BCUT2D eigenvalue weighted by Gasteiger charge is -2.02. The summed E-state index contributed by atoms with van der Waals surface area (Å²) in [5.41, 5.74) is 7.51. The number of nitrogen functional groups attached to an aromatic ring is 1. The second-order valence-corrected chi connectivity index (χ2v) is 4.45. The monoisotopic (exact) mass is 220 g/mol. The molecule has 0 amide bonds. The van der Waals surface area contributed by atoms with Gasteiger partial charge in [0.1, 0.15) is 0 Å². The molecule has 0 saturated heterocycles. The average Bonchev–Trinajstić information content (AvgIpc) is 2.30. The van der Waals surface area contributed by atoms with Gasteiger partial charge in [-0.05, 0) is 25.0 Å². The maximum absolute atomic E-state index is 5.59. The topological polar surface area (TPSA) is 38.9 Å². The highest BCUT2D eigenvalue weighted by molar-refractivity contribution is 5.34. The van der Waals surface area contributed by atoms with Gasteiger partial charge in [-0.1, -0.05) is 45.4 Å². The van der Waals surface area contributed by atoms with E-state index in [1.54, 1.807) is 6.20 Å². The van der Waals surface area contributed by atoms with Crippen molar-refractivity contribution in [3.05, 3.63) is 24.0 Å². The van der Waals surface area contributed by atoms with E-state index in [1.165, 1.54) is 50.6 Å². The molecule has 0 radical (unpaired) electrons. The Hall–Kier alpha value is -1.05. The summed E-state index contributed by atoms with van der Waals surface area (Å²) in [6, 6.07) is 3.97. The van der Waals surface area contributed by atoms with E-state index in [-0.39, 0.29) is 0 Å². The van der Waals surface area contributed by atoms with Gasteiger partial charge in [-0.25, -0.2) is 0 Å². The fourth-order valence-electron chi connectivity index (χ4n) is 1.85. The molecule has 2 nitrogen and oxygen atoms in total. The first-order valence-electron chi connectivity index (χ1n) is 6.53. The lowest BCUT2D eigenvalue weighted by atomic mass is 10.1. The molecule has 2 N–H and O–H groups in total. The van der Waals surface area contributed by atoms with E-state index in [1.807, 2.05) is 12.1 Å². The number of nitrogens with zero attached hydrogens (tertiary/aromatic N) is 1. The normalized spacial score (nSPS) is 10.6. The third-order valence-electron chi connectivity index (χ3n) is 2.88. The summed E-state index contributed by atoms with van der Waals surface area (Å²) in [5.74, 6) is 0. The predicted octanol–water partition coefficient (Wildman–Crippen LogP) is 3.96. The largest absolute Gasteiger partial charge is 0.397 e. The number of hydrogen-bond acceptors (Lipinski definition) is 2. The molecule has 1 rings (SSSR count). The molecule has 0 atom stereocenters. The second kappa shape index (κ2) is 8.14. The van der Waals surface area contributed by atoms with Crippen LogP contribution >= 0.6 is 0 Å². The zero-order chi connectivity index (χ0) is 11.6. The maximum atomic E-state index is 5.59. The van der Waals surface area contributed by atoms with Crippen molar-refractivity contribution in [1.82, 2.24) is 4.98 Å². The van der Waals surface area contributed by atoms with Crippen LogP contribution in [-0.2, 0) is 6.42 Å². The van der Waals surface area contributed by atoms with Crippen molar-refractivity contribution in [2.75, 3.05) is 5.73 Å². The quantitative estimate of drug-likeness (QED) is 0.673. The molecule has 16 heavy (non-hydrogen) atoms. The van der Waals surface area contributed by atoms with Gasteiger partial charge < -0.3 is 5.73 Å². The first kappa shape index (κ1) is 13.0. The Bertz CT molecular complexity index is 267. The molecule has 0 unspecified atom stereocenters. The Kier molecular flexibility index (Phi) is 6.62. The molecule has 0 spiro atoms. The lowest BCUT2D eigenvalue weighted by Crippen LogP contribution is -1.92. The third-order valence-corrected chi connectivity index (χ3v) is 2.88. The van der Waals surface area contributed by atoms with Gasteiger partial charge in [-0.2, -0.15) is 0 Å². The van der Waals surface area contributed by atoms with Crippen LogP contribution in [-0.4, -0.2) is 4.98 Å². The van der Waals surface area contributed by atoms with Gasteiger partial charge in [0.25, 0.3) is 0 Å². The van der Waals surface area contributed by atoms with Crippen LogP contribution in [0, 0.1) is 0 Å². The molecule has 0 aliphatic heterocycles. The van der Waals surface area contributed by atoms with E-state index in [2.05, 4.69) is 11.9 Å². The predicted molar refractivity (Wildman–Crippen MR) is 70.3 cm³/mol. The molecule has 0 aliphatic rings. The molecule has 1 aromatic heterocycles. The van der Waals surface area contributed by atoms with Crippen LogP contribution in [0.3, 0.4) is 0 Å². The number of hydrogen-bond donors (Lipinski definition) is 1. The van der Waals surface area contributed by atoms with Crippen molar-refractivity contribution in [3.8, 4) is 0 Å². The summed E-state index contributed by atoms with van der Waals surface area (Å²) >= 11 is 0. The molecule has 0 fully saturated rings. The first-order valence-corrected chi connectivity index (χ1v) is 6.53. The minimum absolute atomic E-state index is 0.753. The molecule has 0 saturated carbocycles. The van der Waals surface area contributed by atoms with Gasteiger partial charge >= 0.3 is 0 Å². The smallest absolute Gasteiger partial charge is 0.0501 e. The highest BCUT2D eigenvalue weighted by Gasteiger charge is 1.95. The van der Waals surface area contributed by atoms with Gasteiger partial charge in [0.2, 0.25) is 0 Å². The van der Waals surface area contributed by atoms with Gasteiger partial charge in [-0.3, -0.25) is 4.98 Å². The molecule has 1 heterocycles. The van der Waals surface area contributed by atoms with Crippen LogP contribution in [0.25, 0.3) is 0 Å². The minimum atomic E-state index is 0.753.